The molecule has 0 atom stereocenters. The Labute approximate surface area is 240 Å². The highest BCUT2D eigenvalue weighted by molar-refractivity contribution is 7.92. The Morgan fingerprint density at radius 2 is 1.75 bits per heavy atom. The van der Waals surface area contributed by atoms with Crippen LogP contribution in [0.2, 0.25) is 5.02 Å². The van der Waals surface area contributed by atoms with Gasteiger partial charge in [-0.1, -0.05) is 81.4 Å². The average Bonchev–Trinajstić information content (AvgIpc) is 3.31. The van der Waals surface area contributed by atoms with E-state index in [1.54, 1.807) is 54.6 Å². The lowest BCUT2D eigenvalue weighted by Crippen LogP contribution is -2.14. The van der Waals surface area contributed by atoms with Gasteiger partial charge in [0.25, 0.3) is 10.0 Å². The smallest absolute Gasteiger partial charge is 0.261 e. The molecule has 0 saturated carbocycles. The van der Waals surface area contributed by atoms with Gasteiger partial charge < -0.3 is 4.98 Å². The summed E-state index contributed by atoms with van der Waals surface area (Å²) in [5, 5.41) is 1.26. The van der Waals surface area contributed by atoms with Crippen LogP contribution in [-0.2, 0) is 15.4 Å². The van der Waals surface area contributed by atoms with E-state index in [-0.39, 0.29) is 16.1 Å². The van der Waals surface area contributed by atoms with Gasteiger partial charge in [0.2, 0.25) is 5.78 Å². The topological polar surface area (TPSA) is 79.0 Å². The lowest BCUT2D eigenvalue weighted by atomic mass is 9.87. The van der Waals surface area contributed by atoms with Gasteiger partial charge >= 0.3 is 0 Å². The number of anilines is 1. The second-order valence-corrected chi connectivity index (χ2v) is 13.1. The predicted molar refractivity (Wildman–Crippen MR) is 165 cm³/mol. The number of carbonyl (C=O) groups is 1. The van der Waals surface area contributed by atoms with Gasteiger partial charge in [0.05, 0.1) is 10.6 Å². The third kappa shape index (κ3) is 5.55. The summed E-state index contributed by atoms with van der Waals surface area (Å²) in [6.45, 7) is 10.3. The number of carbonyl (C=O) groups excluding carboxylic acids is 1. The highest BCUT2D eigenvalue weighted by Gasteiger charge is 2.24. The molecule has 0 amide bonds. The number of ketones is 1. The number of fused-ring (bicyclic) bond motifs is 1. The maximum absolute atomic E-state index is 13.7. The molecule has 5 nitrogen and oxygen atoms in total. The molecule has 1 heterocycles. The molecule has 0 radical (unpaired) electrons. The number of Topliss-reactive ketones (excluding diaryl/α,β-unsaturated/α-hetero) is 1. The van der Waals surface area contributed by atoms with Crippen molar-refractivity contribution in [2.75, 3.05) is 4.72 Å². The van der Waals surface area contributed by atoms with E-state index in [1.165, 1.54) is 0 Å². The highest BCUT2D eigenvalue weighted by atomic mass is 35.5. The standard InChI is InChI=1S/C33H31ClN2O3S/c1-21(23-11-8-12-25(34)19-23)32(37)31-30(22-9-6-5-7-10-22)28-20-26(15-18-29(28)35-31)36-40(38,39)27-16-13-24(14-17-27)33(2,3)4/h6,8-20,35-36H,1,5,7H2,2-4H3. The number of aromatic amines is 1. The van der Waals surface area contributed by atoms with E-state index in [1.807, 2.05) is 18.2 Å². The Morgan fingerprint density at radius 3 is 2.40 bits per heavy atom. The molecule has 7 heteroatoms. The summed E-state index contributed by atoms with van der Waals surface area (Å²) in [7, 11) is -3.83. The van der Waals surface area contributed by atoms with Crippen LogP contribution in [0.4, 0.5) is 5.69 Å². The lowest BCUT2D eigenvalue weighted by Gasteiger charge is -2.19. The highest BCUT2D eigenvalue weighted by Crippen LogP contribution is 2.36. The van der Waals surface area contributed by atoms with Gasteiger partial charge in [-0.3, -0.25) is 9.52 Å². The Kier molecular flexibility index (Phi) is 7.34. The fraction of sp³-hybridized carbons (Fsp3) is 0.182. The molecule has 2 N–H and O–H groups in total. The number of halogens is 1. The molecule has 0 spiro atoms. The molecule has 0 saturated heterocycles. The van der Waals surface area contributed by atoms with Crippen molar-refractivity contribution in [3.8, 4) is 0 Å². The van der Waals surface area contributed by atoms with Crippen LogP contribution in [0.3, 0.4) is 0 Å². The SMILES string of the molecule is C=C(C(=O)c1[nH]c2ccc(NS(=O)(=O)c3ccc(C(C)(C)C)cc3)cc2c1C1=CCCC=C1)c1cccc(Cl)c1. The van der Waals surface area contributed by atoms with Crippen molar-refractivity contribution in [1.82, 2.24) is 4.98 Å². The molecular weight excluding hydrogens is 540 g/mol. The molecule has 40 heavy (non-hydrogen) atoms. The summed E-state index contributed by atoms with van der Waals surface area (Å²) >= 11 is 6.16. The van der Waals surface area contributed by atoms with Gasteiger partial charge in [0, 0.05) is 32.7 Å². The summed E-state index contributed by atoms with van der Waals surface area (Å²) in [6.07, 6.45) is 7.93. The largest absolute Gasteiger partial charge is 0.351 e. The van der Waals surface area contributed by atoms with Crippen molar-refractivity contribution in [2.45, 2.75) is 43.9 Å². The van der Waals surface area contributed by atoms with Gasteiger partial charge in [-0.05, 0) is 77.4 Å². The third-order valence-corrected chi connectivity index (χ3v) is 8.67. The first-order valence-corrected chi connectivity index (χ1v) is 15.0. The van der Waals surface area contributed by atoms with Crippen LogP contribution in [-0.4, -0.2) is 19.2 Å². The molecule has 1 aliphatic rings. The van der Waals surface area contributed by atoms with Crippen molar-refractivity contribution in [2.24, 2.45) is 0 Å². The number of hydrogen-bond donors (Lipinski definition) is 2. The maximum atomic E-state index is 13.7. The maximum Gasteiger partial charge on any atom is 0.261 e. The molecular formula is C33H31ClN2O3S. The van der Waals surface area contributed by atoms with Crippen molar-refractivity contribution in [1.29, 1.82) is 0 Å². The number of allylic oxidation sites excluding steroid dienone is 5. The van der Waals surface area contributed by atoms with E-state index < -0.39 is 10.0 Å². The number of nitrogens with one attached hydrogen (secondary N) is 2. The van der Waals surface area contributed by atoms with Crippen molar-refractivity contribution < 1.29 is 13.2 Å². The molecule has 5 rings (SSSR count). The quantitative estimate of drug-likeness (QED) is 0.172. The molecule has 0 bridgehead atoms. The predicted octanol–water partition coefficient (Wildman–Crippen LogP) is 8.55. The summed E-state index contributed by atoms with van der Waals surface area (Å²) in [5.74, 6) is -0.255. The van der Waals surface area contributed by atoms with Crippen molar-refractivity contribution >= 4 is 55.1 Å². The van der Waals surface area contributed by atoms with Crippen molar-refractivity contribution in [3.05, 3.63) is 119 Å². The molecule has 204 valence electrons. The molecule has 3 aromatic carbocycles. The number of aromatic nitrogens is 1. The van der Waals surface area contributed by atoms with E-state index >= 15 is 0 Å². The average molecular weight is 571 g/mol. The summed E-state index contributed by atoms with van der Waals surface area (Å²) in [5.41, 5.74) is 5.06. The Hall–Kier alpha value is -3.87. The number of hydrogen-bond acceptors (Lipinski definition) is 3. The summed E-state index contributed by atoms with van der Waals surface area (Å²) in [4.78, 5) is 17.2. The van der Waals surface area contributed by atoms with E-state index in [2.05, 4.69) is 49.2 Å². The molecule has 0 unspecified atom stereocenters. The first kappa shape index (κ1) is 27.7. The van der Waals surface area contributed by atoms with E-state index in [4.69, 9.17) is 11.6 Å². The summed E-state index contributed by atoms with van der Waals surface area (Å²) < 4.78 is 29.2. The Balaban J connectivity index is 1.55. The Bertz CT molecular complexity index is 1800. The number of sulfonamides is 1. The van der Waals surface area contributed by atoms with Crippen LogP contribution in [0.15, 0.2) is 96.4 Å². The minimum absolute atomic E-state index is 0.0824. The molecule has 0 aliphatic heterocycles. The van der Waals surface area contributed by atoms with Crippen LogP contribution in [0.25, 0.3) is 22.0 Å². The number of H-pyrrole nitrogens is 1. The van der Waals surface area contributed by atoms with Crippen LogP contribution in [0.5, 0.6) is 0 Å². The van der Waals surface area contributed by atoms with Gasteiger partial charge in [-0.2, -0.15) is 0 Å². The van der Waals surface area contributed by atoms with Gasteiger partial charge in [0.15, 0.2) is 0 Å². The number of rotatable bonds is 7. The second-order valence-electron chi connectivity index (χ2n) is 11.0. The van der Waals surface area contributed by atoms with Crippen LogP contribution in [0.1, 0.15) is 60.8 Å². The molecule has 1 aromatic heterocycles. The Morgan fingerprint density at radius 1 is 1.00 bits per heavy atom. The van der Waals surface area contributed by atoms with Crippen LogP contribution >= 0.6 is 11.6 Å². The third-order valence-electron chi connectivity index (χ3n) is 7.04. The molecule has 0 fully saturated rings. The minimum Gasteiger partial charge on any atom is -0.351 e. The summed E-state index contributed by atoms with van der Waals surface area (Å²) in [6, 6.07) is 19.2. The molecule has 4 aromatic rings. The zero-order valence-corrected chi connectivity index (χ0v) is 24.3. The van der Waals surface area contributed by atoms with Crippen LogP contribution < -0.4 is 4.72 Å². The fourth-order valence-electron chi connectivity index (χ4n) is 4.83. The zero-order chi connectivity index (χ0) is 28.7. The van der Waals surface area contributed by atoms with E-state index in [0.29, 0.717) is 27.5 Å². The monoisotopic (exact) mass is 570 g/mol. The lowest BCUT2D eigenvalue weighted by molar-refractivity contribution is 0.105. The van der Waals surface area contributed by atoms with Crippen LogP contribution in [0, 0.1) is 0 Å². The van der Waals surface area contributed by atoms with E-state index in [0.717, 1.165) is 40.4 Å². The molecule has 1 aliphatic carbocycles. The number of benzene rings is 3. The second kappa shape index (κ2) is 10.6. The first-order valence-electron chi connectivity index (χ1n) is 13.1. The van der Waals surface area contributed by atoms with Gasteiger partial charge in [-0.15, -0.1) is 0 Å². The zero-order valence-electron chi connectivity index (χ0n) is 22.7. The van der Waals surface area contributed by atoms with E-state index in [9.17, 15) is 13.2 Å². The van der Waals surface area contributed by atoms with Crippen molar-refractivity contribution in [3.63, 3.8) is 0 Å². The normalized spacial score (nSPS) is 13.8. The fourth-order valence-corrected chi connectivity index (χ4v) is 6.07. The van der Waals surface area contributed by atoms with Gasteiger partial charge in [-0.25, -0.2) is 8.42 Å². The first-order chi connectivity index (χ1) is 18.9. The minimum atomic E-state index is -3.83. The van der Waals surface area contributed by atoms with Gasteiger partial charge in [0.1, 0.15) is 0 Å².